The zero-order chi connectivity index (χ0) is 12.9. The molecule has 0 spiro atoms. The SMILES string of the molecule is COC1(C(N)CCC(C)(C)C)CCCCCC1. The maximum atomic E-state index is 6.45. The Morgan fingerprint density at radius 2 is 1.65 bits per heavy atom. The quantitative estimate of drug-likeness (QED) is 0.758. The topological polar surface area (TPSA) is 35.2 Å². The van der Waals surface area contributed by atoms with E-state index in [1.54, 1.807) is 0 Å². The Hall–Kier alpha value is -0.0800. The minimum Gasteiger partial charge on any atom is -0.377 e. The molecule has 1 rings (SSSR count). The lowest BCUT2D eigenvalue weighted by molar-refractivity contribution is -0.0468. The molecule has 0 bridgehead atoms. The summed E-state index contributed by atoms with van der Waals surface area (Å²) in [5.74, 6) is 0. The first-order valence-corrected chi connectivity index (χ1v) is 7.20. The lowest BCUT2D eigenvalue weighted by Crippen LogP contribution is -2.49. The zero-order valence-electron chi connectivity index (χ0n) is 12.2. The number of ether oxygens (including phenoxy) is 1. The van der Waals surface area contributed by atoms with Gasteiger partial charge in [0, 0.05) is 13.2 Å². The first-order chi connectivity index (χ1) is 7.90. The lowest BCUT2D eigenvalue weighted by Gasteiger charge is -2.38. The predicted molar refractivity (Wildman–Crippen MR) is 74.1 cm³/mol. The van der Waals surface area contributed by atoms with Gasteiger partial charge in [-0.2, -0.15) is 0 Å². The molecule has 0 aromatic heterocycles. The number of hydrogen-bond acceptors (Lipinski definition) is 2. The fourth-order valence-corrected chi connectivity index (χ4v) is 2.90. The molecule has 1 saturated carbocycles. The molecule has 0 amide bonds. The van der Waals surface area contributed by atoms with Crippen LogP contribution in [0.15, 0.2) is 0 Å². The van der Waals surface area contributed by atoms with Gasteiger partial charge in [-0.3, -0.25) is 0 Å². The van der Waals surface area contributed by atoms with E-state index in [1.807, 2.05) is 7.11 Å². The minimum absolute atomic E-state index is 0.0399. The van der Waals surface area contributed by atoms with E-state index in [0.717, 1.165) is 19.3 Å². The fraction of sp³-hybridized carbons (Fsp3) is 1.00. The van der Waals surface area contributed by atoms with E-state index in [2.05, 4.69) is 20.8 Å². The molecular weight excluding hydrogens is 210 g/mol. The average Bonchev–Trinajstić information content (AvgIpc) is 2.51. The summed E-state index contributed by atoms with van der Waals surface area (Å²) in [7, 11) is 1.85. The Kier molecular flexibility index (Phi) is 5.46. The standard InChI is InChI=1S/C15H31NO/c1-14(2,3)12-9-13(16)15(17-4)10-7-5-6-8-11-15/h13H,5-12,16H2,1-4H3. The maximum Gasteiger partial charge on any atom is 0.0828 e. The fourth-order valence-electron chi connectivity index (χ4n) is 2.90. The highest BCUT2D eigenvalue weighted by molar-refractivity contribution is 4.93. The summed E-state index contributed by atoms with van der Waals surface area (Å²) in [6.45, 7) is 6.85. The van der Waals surface area contributed by atoms with Crippen LogP contribution in [0.5, 0.6) is 0 Å². The van der Waals surface area contributed by atoms with Crippen LogP contribution in [0, 0.1) is 5.41 Å². The van der Waals surface area contributed by atoms with Gasteiger partial charge in [0.1, 0.15) is 0 Å². The van der Waals surface area contributed by atoms with E-state index in [9.17, 15) is 0 Å². The Morgan fingerprint density at radius 3 is 2.06 bits per heavy atom. The van der Waals surface area contributed by atoms with Crippen LogP contribution in [0.25, 0.3) is 0 Å². The van der Waals surface area contributed by atoms with Crippen LogP contribution in [-0.2, 0) is 4.74 Å². The smallest absolute Gasteiger partial charge is 0.0828 e. The third kappa shape index (κ3) is 4.59. The molecule has 0 saturated heterocycles. The van der Waals surface area contributed by atoms with Gasteiger partial charge in [-0.1, -0.05) is 46.5 Å². The molecule has 0 aromatic carbocycles. The van der Waals surface area contributed by atoms with Gasteiger partial charge in [-0.15, -0.1) is 0 Å². The molecule has 0 radical (unpaired) electrons. The summed E-state index contributed by atoms with van der Waals surface area (Å²) in [6.07, 6.45) is 9.79. The van der Waals surface area contributed by atoms with Crippen LogP contribution < -0.4 is 5.73 Å². The molecule has 1 unspecified atom stereocenters. The summed E-state index contributed by atoms with van der Waals surface area (Å²) in [5, 5.41) is 0. The molecule has 2 heteroatoms. The summed E-state index contributed by atoms with van der Waals surface area (Å²) in [4.78, 5) is 0. The van der Waals surface area contributed by atoms with Crippen molar-refractivity contribution in [3.63, 3.8) is 0 Å². The Morgan fingerprint density at radius 1 is 1.12 bits per heavy atom. The van der Waals surface area contributed by atoms with Gasteiger partial charge in [0.2, 0.25) is 0 Å². The highest BCUT2D eigenvalue weighted by atomic mass is 16.5. The van der Waals surface area contributed by atoms with E-state index < -0.39 is 0 Å². The Bertz CT molecular complexity index is 211. The Labute approximate surface area is 107 Å². The van der Waals surface area contributed by atoms with Gasteiger partial charge < -0.3 is 10.5 Å². The highest BCUT2D eigenvalue weighted by Crippen LogP contribution is 2.35. The molecule has 1 aliphatic carbocycles. The van der Waals surface area contributed by atoms with Gasteiger partial charge in [-0.05, 0) is 31.1 Å². The predicted octanol–water partition coefficient (Wildman–Crippen LogP) is 3.88. The van der Waals surface area contributed by atoms with Crippen molar-refractivity contribution in [3.8, 4) is 0 Å². The molecular formula is C15H31NO. The van der Waals surface area contributed by atoms with E-state index in [1.165, 1.54) is 32.1 Å². The monoisotopic (exact) mass is 241 g/mol. The first-order valence-electron chi connectivity index (χ1n) is 7.20. The maximum absolute atomic E-state index is 6.45. The van der Waals surface area contributed by atoms with Crippen LogP contribution in [0.3, 0.4) is 0 Å². The number of nitrogens with two attached hydrogens (primary N) is 1. The molecule has 0 aliphatic heterocycles. The molecule has 17 heavy (non-hydrogen) atoms. The molecule has 1 aliphatic rings. The van der Waals surface area contributed by atoms with Gasteiger partial charge in [-0.25, -0.2) is 0 Å². The van der Waals surface area contributed by atoms with Crippen molar-refractivity contribution in [3.05, 3.63) is 0 Å². The highest BCUT2D eigenvalue weighted by Gasteiger charge is 2.37. The zero-order valence-corrected chi connectivity index (χ0v) is 12.2. The van der Waals surface area contributed by atoms with Crippen molar-refractivity contribution in [2.75, 3.05) is 7.11 Å². The van der Waals surface area contributed by atoms with Crippen LogP contribution >= 0.6 is 0 Å². The molecule has 102 valence electrons. The molecule has 1 fully saturated rings. The van der Waals surface area contributed by atoms with Crippen molar-refractivity contribution in [2.24, 2.45) is 11.1 Å². The largest absolute Gasteiger partial charge is 0.377 e. The van der Waals surface area contributed by atoms with Crippen molar-refractivity contribution >= 4 is 0 Å². The normalized spacial score (nSPS) is 23.1. The number of methoxy groups -OCH3 is 1. The van der Waals surface area contributed by atoms with Gasteiger partial charge in [0.15, 0.2) is 0 Å². The van der Waals surface area contributed by atoms with Crippen LogP contribution in [0.1, 0.15) is 72.1 Å². The van der Waals surface area contributed by atoms with Gasteiger partial charge >= 0.3 is 0 Å². The minimum atomic E-state index is -0.0399. The van der Waals surface area contributed by atoms with Crippen LogP contribution in [0.4, 0.5) is 0 Å². The van der Waals surface area contributed by atoms with Crippen molar-refractivity contribution in [2.45, 2.75) is 83.8 Å². The van der Waals surface area contributed by atoms with Gasteiger partial charge in [0.25, 0.3) is 0 Å². The summed E-state index contributed by atoms with van der Waals surface area (Å²) in [6, 6.07) is 0.199. The second-order valence-corrected chi connectivity index (χ2v) is 6.89. The third-order valence-electron chi connectivity index (χ3n) is 4.24. The second kappa shape index (κ2) is 6.19. The third-order valence-corrected chi connectivity index (χ3v) is 4.24. The van der Waals surface area contributed by atoms with E-state index in [-0.39, 0.29) is 11.6 Å². The summed E-state index contributed by atoms with van der Waals surface area (Å²) in [5.41, 5.74) is 6.78. The molecule has 1 atom stereocenters. The molecule has 0 heterocycles. The van der Waals surface area contributed by atoms with Crippen LogP contribution in [-0.4, -0.2) is 18.8 Å². The summed E-state index contributed by atoms with van der Waals surface area (Å²) < 4.78 is 5.86. The van der Waals surface area contributed by atoms with E-state index >= 15 is 0 Å². The van der Waals surface area contributed by atoms with Crippen LogP contribution in [0.2, 0.25) is 0 Å². The van der Waals surface area contributed by atoms with E-state index in [0.29, 0.717) is 5.41 Å². The average molecular weight is 241 g/mol. The molecule has 0 aromatic rings. The number of hydrogen-bond donors (Lipinski definition) is 1. The van der Waals surface area contributed by atoms with E-state index in [4.69, 9.17) is 10.5 Å². The van der Waals surface area contributed by atoms with Crippen molar-refractivity contribution < 1.29 is 4.74 Å². The summed E-state index contributed by atoms with van der Waals surface area (Å²) >= 11 is 0. The lowest BCUT2D eigenvalue weighted by atomic mass is 9.80. The number of rotatable bonds is 4. The Balaban J connectivity index is 2.57. The van der Waals surface area contributed by atoms with Gasteiger partial charge in [0.05, 0.1) is 5.60 Å². The molecule has 2 N–H and O–H groups in total. The van der Waals surface area contributed by atoms with Crippen molar-refractivity contribution in [1.82, 2.24) is 0 Å². The van der Waals surface area contributed by atoms with Crippen molar-refractivity contribution in [1.29, 1.82) is 0 Å². The molecule has 2 nitrogen and oxygen atoms in total. The second-order valence-electron chi connectivity index (χ2n) is 6.89. The first kappa shape index (κ1) is 15.0.